The first-order chi connectivity index (χ1) is 13.0. The average Bonchev–Trinajstić information content (AvgIpc) is 2.93. The average molecular weight is 386 g/mol. The standard InChI is InChI=1S/C20H19FN2O3S/c1-13(23-19(25)15-7-3-4-8-16(15)20(23)26)18(24)22-10-11-27-12-14-6-2-5-9-17(14)21/h2-9,13H,10-12H2,1H3,(H,22,24)/t13-/m1/s1. The summed E-state index contributed by atoms with van der Waals surface area (Å²) in [5.41, 5.74) is 1.26. The minimum Gasteiger partial charge on any atom is -0.353 e. The van der Waals surface area contributed by atoms with E-state index in [2.05, 4.69) is 5.32 Å². The van der Waals surface area contributed by atoms with Crippen LogP contribution in [0.15, 0.2) is 48.5 Å². The van der Waals surface area contributed by atoms with Crippen LogP contribution in [0.4, 0.5) is 4.39 Å². The van der Waals surface area contributed by atoms with Crippen LogP contribution in [0, 0.1) is 5.82 Å². The van der Waals surface area contributed by atoms with Crippen LogP contribution in [0.1, 0.15) is 33.2 Å². The first kappa shape index (κ1) is 19.1. The second kappa shape index (κ2) is 8.35. The number of fused-ring (bicyclic) bond motifs is 1. The number of rotatable bonds is 7. The molecule has 1 heterocycles. The van der Waals surface area contributed by atoms with Gasteiger partial charge in [0.2, 0.25) is 5.91 Å². The highest BCUT2D eigenvalue weighted by atomic mass is 32.2. The zero-order valence-electron chi connectivity index (χ0n) is 14.8. The van der Waals surface area contributed by atoms with Crippen molar-refractivity contribution in [3.05, 3.63) is 71.0 Å². The lowest BCUT2D eigenvalue weighted by Gasteiger charge is -2.21. The highest BCUT2D eigenvalue weighted by Crippen LogP contribution is 2.24. The van der Waals surface area contributed by atoms with Gasteiger partial charge in [-0.15, -0.1) is 0 Å². The molecule has 0 aromatic heterocycles. The maximum atomic E-state index is 13.5. The van der Waals surface area contributed by atoms with Crippen LogP contribution in [-0.2, 0) is 10.5 Å². The quantitative estimate of drug-likeness (QED) is 0.587. The number of carbonyl (C=O) groups is 3. The molecule has 140 valence electrons. The molecular weight excluding hydrogens is 367 g/mol. The lowest BCUT2D eigenvalue weighted by Crippen LogP contribution is -2.48. The van der Waals surface area contributed by atoms with Gasteiger partial charge in [-0.25, -0.2) is 4.39 Å². The third-order valence-corrected chi connectivity index (χ3v) is 5.36. The van der Waals surface area contributed by atoms with E-state index in [1.54, 1.807) is 42.5 Å². The summed E-state index contributed by atoms with van der Waals surface area (Å²) in [7, 11) is 0. The van der Waals surface area contributed by atoms with Crippen LogP contribution in [0.5, 0.6) is 0 Å². The largest absolute Gasteiger partial charge is 0.353 e. The minimum atomic E-state index is -0.894. The van der Waals surface area contributed by atoms with Gasteiger partial charge in [-0.3, -0.25) is 19.3 Å². The van der Waals surface area contributed by atoms with E-state index >= 15 is 0 Å². The molecular formula is C20H19FN2O3S. The molecule has 1 aliphatic rings. The molecule has 27 heavy (non-hydrogen) atoms. The molecule has 1 aliphatic heterocycles. The van der Waals surface area contributed by atoms with Gasteiger partial charge in [0.05, 0.1) is 11.1 Å². The van der Waals surface area contributed by atoms with Crippen molar-refractivity contribution in [1.82, 2.24) is 10.2 Å². The van der Waals surface area contributed by atoms with Crippen molar-refractivity contribution in [2.45, 2.75) is 18.7 Å². The fourth-order valence-corrected chi connectivity index (χ4v) is 3.71. The smallest absolute Gasteiger partial charge is 0.262 e. The first-order valence-corrected chi connectivity index (χ1v) is 9.72. The highest BCUT2D eigenvalue weighted by molar-refractivity contribution is 7.98. The van der Waals surface area contributed by atoms with Gasteiger partial charge in [-0.2, -0.15) is 11.8 Å². The number of halogens is 1. The van der Waals surface area contributed by atoms with Crippen LogP contribution in [0.25, 0.3) is 0 Å². The van der Waals surface area contributed by atoms with Gasteiger partial charge in [0.15, 0.2) is 0 Å². The van der Waals surface area contributed by atoms with E-state index in [-0.39, 0.29) is 5.82 Å². The monoisotopic (exact) mass is 386 g/mol. The summed E-state index contributed by atoms with van der Waals surface area (Å²) in [6.07, 6.45) is 0. The summed E-state index contributed by atoms with van der Waals surface area (Å²) in [6.45, 7) is 1.90. The normalized spacial score (nSPS) is 14.2. The van der Waals surface area contributed by atoms with Gasteiger partial charge >= 0.3 is 0 Å². The van der Waals surface area contributed by atoms with Crippen LogP contribution >= 0.6 is 11.8 Å². The first-order valence-electron chi connectivity index (χ1n) is 8.56. The number of thioether (sulfide) groups is 1. The molecule has 0 radical (unpaired) electrons. The van der Waals surface area contributed by atoms with Crippen molar-refractivity contribution in [1.29, 1.82) is 0 Å². The molecule has 0 unspecified atom stereocenters. The zero-order chi connectivity index (χ0) is 19.4. The molecule has 7 heteroatoms. The maximum absolute atomic E-state index is 13.5. The van der Waals surface area contributed by atoms with E-state index < -0.39 is 23.8 Å². The highest BCUT2D eigenvalue weighted by Gasteiger charge is 2.40. The maximum Gasteiger partial charge on any atom is 0.262 e. The fourth-order valence-electron chi connectivity index (χ4n) is 2.87. The van der Waals surface area contributed by atoms with Crippen molar-refractivity contribution in [3.8, 4) is 0 Å². The van der Waals surface area contributed by atoms with Crippen molar-refractivity contribution < 1.29 is 18.8 Å². The number of hydrogen-bond acceptors (Lipinski definition) is 4. The van der Waals surface area contributed by atoms with Crippen molar-refractivity contribution in [2.24, 2.45) is 0 Å². The van der Waals surface area contributed by atoms with Crippen LogP contribution in [0.3, 0.4) is 0 Å². The van der Waals surface area contributed by atoms with Crippen molar-refractivity contribution >= 4 is 29.5 Å². The van der Waals surface area contributed by atoms with Gasteiger partial charge in [0.1, 0.15) is 11.9 Å². The molecule has 1 atom stereocenters. The van der Waals surface area contributed by atoms with Gasteiger partial charge < -0.3 is 5.32 Å². The third-order valence-electron chi connectivity index (χ3n) is 4.35. The van der Waals surface area contributed by atoms with E-state index in [0.717, 1.165) is 4.90 Å². The van der Waals surface area contributed by atoms with Crippen molar-refractivity contribution in [2.75, 3.05) is 12.3 Å². The number of hydrogen-bond donors (Lipinski definition) is 1. The second-order valence-corrected chi connectivity index (χ2v) is 7.24. The lowest BCUT2D eigenvalue weighted by atomic mass is 10.1. The molecule has 0 fully saturated rings. The van der Waals surface area contributed by atoms with E-state index in [1.165, 1.54) is 24.8 Å². The molecule has 3 amide bonds. The summed E-state index contributed by atoms with van der Waals surface area (Å²) in [6, 6.07) is 12.2. The molecule has 2 aromatic carbocycles. The van der Waals surface area contributed by atoms with Crippen molar-refractivity contribution in [3.63, 3.8) is 0 Å². The molecule has 3 rings (SSSR count). The summed E-state index contributed by atoms with van der Waals surface area (Å²) in [5, 5.41) is 2.73. The number of imide groups is 1. The topological polar surface area (TPSA) is 66.5 Å². The van der Waals surface area contributed by atoms with Gasteiger partial charge in [-0.05, 0) is 30.7 Å². The van der Waals surface area contributed by atoms with E-state index in [0.29, 0.717) is 34.7 Å². The Morgan fingerprint density at radius 3 is 2.30 bits per heavy atom. The molecule has 0 bridgehead atoms. The summed E-state index contributed by atoms with van der Waals surface area (Å²) >= 11 is 1.50. The fraction of sp³-hybridized carbons (Fsp3) is 0.250. The third kappa shape index (κ3) is 4.03. The Hall–Kier alpha value is -2.67. The van der Waals surface area contributed by atoms with Crippen LogP contribution in [0.2, 0.25) is 0 Å². The molecule has 0 aliphatic carbocycles. The van der Waals surface area contributed by atoms with E-state index in [1.807, 2.05) is 0 Å². The molecule has 2 aromatic rings. The number of amides is 3. The predicted molar refractivity (Wildman–Crippen MR) is 102 cm³/mol. The number of carbonyl (C=O) groups excluding carboxylic acids is 3. The molecule has 5 nitrogen and oxygen atoms in total. The number of nitrogens with one attached hydrogen (secondary N) is 1. The Kier molecular flexibility index (Phi) is 5.91. The van der Waals surface area contributed by atoms with E-state index in [4.69, 9.17) is 0 Å². The minimum absolute atomic E-state index is 0.242. The molecule has 0 saturated heterocycles. The predicted octanol–water partition coefficient (Wildman–Crippen LogP) is 2.86. The summed E-state index contributed by atoms with van der Waals surface area (Å²) < 4.78 is 13.5. The lowest BCUT2D eigenvalue weighted by molar-refractivity contribution is -0.124. The van der Waals surface area contributed by atoms with Crippen LogP contribution in [-0.4, -0.2) is 41.0 Å². The zero-order valence-corrected chi connectivity index (χ0v) is 15.6. The van der Waals surface area contributed by atoms with Gasteiger partial charge in [0.25, 0.3) is 11.8 Å². The second-order valence-electron chi connectivity index (χ2n) is 6.14. The molecule has 1 N–H and O–H groups in total. The van der Waals surface area contributed by atoms with Gasteiger partial charge in [0, 0.05) is 18.1 Å². The Morgan fingerprint density at radius 2 is 1.67 bits per heavy atom. The Morgan fingerprint density at radius 1 is 1.07 bits per heavy atom. The number of nitrogens with zero attached hydrogens (tertiary/aromatic N) is 1. The molecule has 0 saturated carbocycles. The van der Waals surface area contributed by atoms with Gasteiger partial charge in [-0.1, -0.05) is 30.3 Å². The Labute approximate surface area is 160 Å². The SMILES string of the molecule is C[C@H](C(=O)NCCSCc1ccccc1F)N1C(=O)c2ccccc2C1=O. The summed E-state index contributed by atoms with van der Waals surface area (Å²) in [4.78, 5) is 38.1. The molecule has 0 spiro atoms. The Balaban J connectivity index is 1.48. The summed E-state index contributed by atoms with van der Waals surface area (Å²) in [5.74, 6) is -0.436. The Bertz CT molecular complexity index is 852. The number of benzene rings is 2. The van der Waals surface area contributed by atoms with E-state index in [9.17, 15) is 18.8 Å². The van der Waals surface area contributed by atoms with Crippen LogP contribution < -0.4 is 5.32 Å².